The molecule has 0 amide bonds. The summed E-state index contributed by atoms with van der Waals surface area (Å²) in [6.07, 6.45) is 0. The van der Waals surface area contributed by atoms with E-state index in [2.05, 4.69) is 47.8 Å². The van der Waals surface area contributed by atoms with Gasteiger partial charge in [0.05, 0.1) is 5.92 Å². The Labute approximate surface area is 125 Å². The third kappa shape index (κ3) is 7.94. The van der Waals surface area contributed by atoms with Gasteiger partial charge < -0.3 is 9.47 Å². The molecule has 0 aromatic heterocycles. The van der Waals surface area contributed by atoms with Crippen LogP contribution in [-0.4, -0.2) is 30.5 Å². The Morgan fingerprint density at radius 1 is 1.06 bits per heavy atom. The van der Waals surface area contributed by atoms with Gasteiger partial charge in [-0.25, -0.2) is 0 Å². The Balaban J connectivity index is 4.12. The first-order chi connectivity index (χ1) is 7.88. The molecule has 0 saturated heterocycles. The van der Waals surface area contributed by atoms with Gasteiger partial charge in [-0.1, -0.05) is 61.6 Å². The first-order valence-corrected chi connectivity index (χ1v) is 7.50. The monoisotopic (exact) mass is 434 g/mol. The van der Waals surface area contributed by atoms with Crippen LogP contribution in [0.15, 0.2) is 8.96 Å². The number of esters is 2. The lowest BCUT2D eigenvalue weighted by molar-refractivity contribution is -0.146. The van der Waals surface area contributed by atoms with Crippen LogP contribution in [0.3, 0.4) is 0 Å². The van der Waals surface area contributed by atoms with Crippen LogP contribution in [0.2, 0.25) is 0 Å². The van der Waals surface area contributed by atoms with Crippen LogP contribution >= 0.6 is 47.8 Å². The third-order valence-corrected chi connectivity index (χ3v) is 3.98. The Bertz CT molecular complexity index is 313. The van der Waals surface area contributed by atoms with Crippen molar-refractivity contribution in [3.05, 3.63) is 8.96 Å². The molecule has 0 aliphatic heterocycles. The van der Waals surface area contributed by atoms with Gasteiger partial charge in [0.2, 0.25) is 0 Å². The van der Waals surface area contributed by atoms with E-state index < -0.39 is 0 Å². The zero-order chi connectivity index (χ0) is 13.4. The second-order valence-corrected chi connectivity index (χ2v) is 5.84. The highest BCUT2D eigenvalue weighted by atomic mass is 79.9. The van der Waals surface area contributed by atoms with E-state index in [4.69, 9.17) is 9.47 Å². The van der Waals surface area contributed by atoms with E-state index in [1.54, 1.807) is 13.8 Å². The fraction of sp³-hybridized carbons (Fsp3) is 0.600. The van der Waals surface area contributed by atoms with Crippen molar-refractivity contribution in [3.63, 3.8) is 0 Å². The largest absolute Gasteiger partial charge is 0.460 e. The summed E-state index contributed by atoms with van der Waals surface area (Å²) in [6.45, 7) is 3.73. The lowest BCUT2D eigenvalue weighted by Crippen LogP contribution is -2.13. The molecule has 0 saturated carbocycles. The van der Waals surface area contributed by atoms with Crippen LogP contribution in [0, 0.1) is 5.92 Å². The molecule has 0 spiro atoms. The Kier molecular flexibility index (Phi) is 9.17. The Morgan fingerprint density at radius 3 is 1.94 bits per heavy atom. The molecule has 0 aliphatic carbocycles. The van der Waals surface area contributed by atoms with Crippen molar-refractivity contribution in [3.8, 4) is 0 Å². The van der Waals surface area contributed by atoms with Gasteiger partial charge in [-0.15, -0.1) is 0 Å². The number of ether oxygens (including phenoxy) is 2. The number of carbonyl (C=O) groups is 2. The summed E-state index contributed by atoms with van der Waals surface area (Å²) >= 11 is 9.46. The molecule has 4 nitrogen and oxygen atoms in total. The first-order valence-electron chi connectivity index (χ1n) is 4.79. The Morgan fingerprint density at radius 2 is 1.53 bits per heavy atom. The maximum atomic E-state index is 11.2. The molecule has 0 N–H and O–H groups in total. The van der Waals surface area contributed by atoms with Crippen molar-refractivity contribution >= 4 is 59.7 Å². The number of hydrogen-bond donors (Lipinski definition) is 0. The molecular weight excluding hydrogens is 424 g/mol. The minimum absolute atomic E-state index is 0.101. The molecule has 0 radical (unpaired) electrons. The van der Waals surface area contributed by atoms with E-state index in [1.807, 2.05) is 0 Å². The number of hydrogen-bond acceptors (Lipinski definition) is 4. The lowest BCUT2D eigenvalue weighted by Gasteiger charge is -2.08. The second kappa shape index (κ2) is 9.10. The fourth-order valence-electron chi connectivity index (χ4n) is 0.640. The van der Waals surface area contributed by atoms with Gasteiger partial charge in [-0.05, 0) is 0 Å². The molecule has 0 aromatic carbocycles. The van der Waals surface area contributed by atoms with Gasteiger partial charge >= 0.3 is 11.9 Å². The van der Waals surface area contributed by atoms with E-state index >= 15 is 0 Å². The van der Waals surface area contributed by atoms with Crippen molar-refractivity contribution in [2.45, 2.75) is 13.8 Å². The van der Waals surface area contributed by atoms with Gasteiger partial charge in [0.1, 0.15) is 18.5 Å². The highest BCUT2D eigenvalue weighted by Gasteiger charge is 2.11. The smallest absolute Gasteiger partial charge is 0.316 e. The lowest BCUT2D eigenvalue weighted by atomic mass is 10.2. The Hall–Kier alpha value is 0.120. The van der Waals surface area contributed by atoms with Crippen LogP contribution in [0.4, 0.5) is 0 Å². The summed E-state index contributed by atoms with van der Waals surface area (Å²) in [5.41, 5.74) is 0. The molecule has 7 heteroatoms. The van der Waals surface area contributed by atoms with Crippen LogP contribution in [0.5, 0.6) is 0 Å². The normalized spacial score (nSPS) is 12.1. The molecule has 0 fully saturated rings. The van der Waals surface area contributed by atoms with Gasteiger partial charge in [-0.3, -0.25) is 9.59 Å². The van der Waals surface area contributed by atoms with E-state index in [1.165, 1.54) is 0 Å². The molecule has 0 rings (SSSR count). The summed E-state index contributed by atoms with van der Waals surface area (Å²) < 4.78 is 11.1. The molecular formula is C10H13Br3O4. The molecule has 0 heterocycles. The predicted molar refractivity (Wildman–Crippen MR) is 75.4 cm³/mol. The van der Waals surface area contributed by atoms with Gasteiger partial charge in [0.15, 0.2) is 0 Å². The number of alkyl halides is 1. The maximum absolute atomic E-state index is 11.2. The van der Waals surface area contributed by atoms with Crippen LogP contribution in [0.1, 0.15) is 13.8 Å². The van der Waals surface area contributed by atoms with Crippen LogP contribution in [-0.2, 0) is 19.1 Å². The van der Waals surface area contributed by atoms with Gasteiger partial charge in [-0.2, -0.15) is 0 Å². The highest BCUT2D eigenvalue weighted by molar-refractivity contribution is 9.14. The summed E-state index contributed by atoms with van der Waals surface area (Å²) in [5, 5.41) is 0.146. The molecule has 0 aromatic rings. The molecule has 0 unspecified atom stereocenters. The van der Waals surface area contributed by atoms with Crippen LogP contribution < -0.4 is 0 Å². The molecule has 0 atom stereocenters. The van der Waals surface area contributed by atoms with Crippen molar-refractivity contribution in [2.24, 2.45) is 5.92 Å². The number of carbonyl (C=O) groups excluding carboxylic acids is 2. The van der Waals surface area contributed by atoms with Crippen molar-refractivity contribution < 1.29 is 19.1 Å². The van der Waals surface area contributed by atoms with Crippen LogP contribution in [0.25, 0.3) is 0 Å². The molecule has 0 aliphatic rings. The SMILES string of the molecule is CC(C)C(=O)OC/C(Br)=C(\Br)COC(=O)CBr. The quantitative estimate of drug-likeness (QED) is 0.474. The molecule has 0 bridgehead atoms. The summed E-state index contributed by atoms with van der Waals surface area (Å²) in [4.78, 5) is 22.1. The minimum atomic E-state index is -0.360. The van der Waals surface area contributed by atoms with Gasteiger partial charge in [0.25, 0.3) is 0 Å². The first kappa shape index (κ1) is 17.1. The molecule has 17 heavy (non-hydrogen) atoms. The average Bonchev–Trinajstić information content (AvgIpc) is 2.31. The van der Waals surface area contributed by atoms with Crippen molar-refractivity contribution in [1.29, 1.82) is 0 Å². The highest BCUT2D eigenvalue weighted by Crippen LogP contribution is 2.19. The minimum Gasteiger partial charge on any atom is -0.460 e. The van der Waals surface area contributed by atoms with Crippen molar-refractivity contribution in [2.75, 3.05) is 18.5 Å². The summed E-state index contributed by atoms with van der Waals surface area (Å²) in [6, 6.07) is 0. The number of rotatable bonds is 6. The van der Waals surface area contributed by atoms with E-state index in [0.29, 0.717) is 8.96 Å². The zero-order valence-electron chi connectivity index (χ0n) is 9.47. The predicted octanol–water partition coefficient (Wildman–Crippen LogP) is 3.13. The van der Waals surface area contributed by atoms with Crippen molar-refractivity contribution in [1.82, 2.24) is 0 Å². The van der Waals surface area contributed by atoms with E-state index in [9.17, 15) is 9.59 Å². The van der Waals surface area contributed by atoms with E-state index in [-0.39, 0.29) is 36.4 Å². The second-order valence-electron chi connectivity index (χ2n) is 3.37. The van der Waals surface area contributed by atoms with E-state index in [0.717, 1.165) is 0 Å². The molecule has 98 valence electrons. The van der Waals surface area contributed by atoms with Gasteiger partial charge in [0, 0.05) is 8.96 Å². The topological polar surface area (TPSA) is 52.6 Å². The zero-order valence-corrected chi connectivity index (χ0v) is 14.2. The summed E-state index contributed by atoms with van der Waals surface area (Å²) in [5.74, 6) is -0.804. The fourth-order valence-corrected chi connectivity index (χ4v) is 1.26. The average molecular weight is 437 g/mol. The number of halogens is 3. The standard InChI is InChI=1S/C10H13Br3O4/c1-6(2)10(15)17-5-8(13)7(12)4-16-9(14)3-11/h6H,3-5H2,1-2H3/b8-7+. The summed E-state index contributed by atoms with van der Waals surface area (Å²) in [7, 11) is 0. The third-order valence-electron chi connectivity index (χ3n) is 1.58. The maximum Gasteiger partial charge on any atom is 0.316 e.